The standard InChI is InChI=1S/C17H20FN3O/c1-19-12-17(22)21(11-9-16-4-2-3-10-20-16)13-14-5-7-15(18)8-6-14/h2-8,10,19H,9,11-13H2,1H3. The highest BCUT2D eigenvalue weighted by atomic mass is 19.1. The van der Waals surface area contributed by atoms with E-state index in [9.17, 15) is 9.18 Å². The lowest BCUT2D eigenvalue weighted by Crippen LogP contribution is -2.38. The molecule has 0 aliphatic carbocycles. The Hall–Kier alpha value is -2.27. The number of hydrogen-bond donors (Lipinski definition) is 1. The van der Waals surface area contributed by atoms with E-state index in [0.717, 1.165) is 11.3 Å². The summed E-state index contributed by atoms with van der Waals surface area (Å²) in [7, 11) is 1.74. The molecule has 5 heteroatoms. The lowest BCUT2D eigenvalue weighted by molar-refractivity contribution is -0.130. The molecule has 1 N–H and O–H groups in total. The lowest BCUT2D eigenvalue weighted by atomic mass is 10.2. The number of nitrogens with one attached hydrogen (secondary N) is 1. The number of benzene rings is 1. The Morgan fingerprint density at radius 1 is 1.23 bits per heavy atom. The number of nitrogens with zero attached hydrogens (tertiary/aromatic N) is 2. The van der Waals surface area contributed by atoms with Gasteiger partial charge in [-0.25, -0.2) is 4.39 Å². The summed E-state index contributed by atoms with van der Waals surface area (Å²) in [4.78, 5) is 18.2. The highest BCUT2D eigenvalue weighted by molar-refractivity contribution is 5.78. The zero-order valence-electron chi connectivity index (χ0n) is 12.6. The van der Waals surface area contributed by atoms with Crippen molar-refractivity contribution in [3.8, 4) is 0 Å². The van der Waals surface area contributed by atoms with E-state index in [4.69, 9.17) is 0 Å². The number of rotatable bonds is 7. The fourth-order valence-electron chi connectivity index (χ4n) is 2.16. The van der Waals surface area contributed by atoms with Crippen LogP contribution in [-0.2, 0) is 17.8 Å². The van der Waals surface area contributed by atoms with Gasteiger partial charge in [-0.05, 0) is 36.9 Å². The van der Waals surface area contributed by atoms with E-state index in [2.05, 4.69) is 10.3 Å². The second-order valence-corrected chi connectivity index (χ2v) is 5.04. The summed E-state index contributed by atoms with van der Waals surface area (Å²) in [6.07, 6.45) is 2.44. The smallest absolute Gasteiger partial charge is 0.236 e. The van der Waals surface area contributed by atoms with Gasteiger partial charge in [0.15, 0.2) is 0 Å². The molecule has 0 saturated carbocycles. The molecule has 0 aliphatic rings. The molecule has 0 fully saturated rings. The Kier molecular flexibility index (Phi) is 6.03. The lowest BCUT2D eigenvalue weighted by Gasteiger charge is -2.22. The highest BCUT2D eigenvalue weighted by Crippen LogP contribution is 2.08. The predicted octanol–water partition coefficient (Wildman–Crippen LogP) is 2.01. The fraction of sp³-hybridized carbons (Fsp3) is 0.294. The summed E-state index contributed by atoms with van der Waals surface area (Å²) in [5.74, 6) is -0.256. The number of carbonyl (C=O) groups excluding carboxylic acids is 1. The third kappa shape index (κ3) is 4.93. The van der Waals surface area contributed by atoms with Gasteiger partial charge >= 0.3 is 0 Å². The number of pyridine rings is 1. The minimum absolute atomic E-state index is 0.0164. The van der Waals surface area contributed by atoms with Crippen LogP contribution in [0.15, 0.2) is 48.7 Å². The molecule has 22 heavy (non-hydrogen) atoms. The number of carbonyl (C=O) groups is 1. The van der Waals surface area contributed by atoms with Crippen molar-refractivity contribution < 1.29 is 9.18 Å². The second kappa shape index (κ2) is 8.24. The molecule has 1 aromatic carbocycles. The average Bonchev–Trinajstić information content (AvgIpc) is 2.54. The first-order valence-electron chi connectivity index (χ1n) is 7.26. The molecule has 0 bridgehead atoms. The van der Waals surface area contributed by atoms with Crippen LogP contribution in [0, 0.1) is 5.82 Å². The first-order valence-corrected chi connectivity index (χ1v) is 7.26. The fourth-order valence-corrected chi connectivity index (χ4v) is 2.16. The second-order valence-electron chi connectivity index (χ2n) is 5.04. The van der Waals surface area contributed by atoms with Crippen LogP contribution in [0.2, 0.25) is 0 Å². The Balaban J connectivity index is 2.02. The minimum atomic E-state index is -0.273. The van der Waals surface area contributed by atoms with E-state index in [0.29, 0.717) is 19.5 Å². The minimum Gasteiger partial charge on any atom is -0.337 e. The molecule has 116 valence electrons. The van der Waals surface area contributed by atoms with Crippen LogP contribution in [0.3, 0.4) is 0 Å². The largest absolute Gasteiger partial charge is 0.337 e. The SMILES string of the molecule is CNCC(=O)N(CCc1ccccn1)Cc1ccc(F)cc1. The maximum absolute atomic E-state index is 13.0. The molecule has 0 radical (unpaired) electrons. The van der Waals surface area contributed by atoms with Gasteiger partial charge in [0.2, 0.25) is 5.91 Å². The van der Waals surface area contributed by atoms with E-state index in [1.54, 1.807) is 30.3 Å². The van der Waals surface area contributed by atoms with E-state index in [1.807, 2.05) is 18.2 Å². The van der Waals surface area contributed by atoms with Crippen LogP contribution < -0.4 is 5.32 Å². The Bertz CT molecular complexity index is 587. The van der Waals surface area contributed by atoms with Crippen molar-refractivity contribution >= 4 is 5.91 Å². The Morgan fingerprint density at radius 3 is 2.64 bits per heavy atom. The summed E-state index contributed by atoms with van der Waals surface area (Å²) in [5.41, 5.74) is 1.86. The van der Waals surface area contributed by atoms with Crippen molar-refractivity contribution in [3.05, 3.63) is 65.7 Å². The quantitative estimate of drug-likeness (QED) is 0.851. The zero-order valence-corrected chi connectivity index (χ0v) is 12.6. The van der Waals surface area contributed by atoms with E-state index in [1.165, 1.54) is 12.1 Å². The Morgan fingerprint density at radius 2 is 2.00 bits per heavy atom. The van der Waals surface area contributed by atoms with Gasteiger partial charge < -0.3 is 10.2 Å². The Labute approximate surface area is 130 Å². The highest BCUT2D eigenvalue weighted by Gasteiger charge is 2.13. The van der Waals surface area contributed by atoms with Gasteiger partial charge in [-0.2, -0.15) is 0 Å². The van der Waals surface area contributed by atoms with Gasteiger partial charge in [0.25, 0.3) is 0 Å². The van der Waals surface area contributed by atoms with Gasteiger partial charge in [-0.3, -0.25) is 9.78 Å². The third-order valence-electron chi connectivity index (χ3n) is 3.33. The summed E-state index contributed by atoms with van der Waals surface area (Å²) < 4.78 is 13.0. The molecule has 0 unspecified atom stereocenters. The third-order valence-corrected chi connectivity index (χ3v) is 3.33. The maximum atomic E-state index is 13.0. The first-order chi connectivity index (χ1) is 10.7. The number of amides is 1. The topological polar surface area (TPSA) is 45.2 Å². The number of halogens is 1. The van der Waals surface area contributed by atoms with Crippen LogP contribution in [-0.4, -0.2) is 35.9 Å². The molecule has 2 rings (SSSR count). The summed E-state index contributed by atoms with van der Waals surface area (Å²) in [6.45, 7) is 1.33. The van der Waals surface area contributed by atoms with Gasteiger partial charge in [0, 0.05) is 31.4 Å². The van der Waals surface area contributed by atoms with Gasteiger partial charge in [-0.15, -0.1) is 0 Å². The molecular weight excluding hydrogens is 281 g/mol. The van der Waals surface area contributed by atoms with Crippen LogP contribution in [0.4, 0.5) is 4.39 Å². The van der Waals surface area contributed by atoms with E-state index >= 15 is 0 Å². The molecule has 2 aromatic rings. The van der Waals surface area contributed by atoms with Gasteiger partial charge in [0.05, 0.1) is 6.54 Å². The molecule has 0 atom stereocenters. The molecule has 0 aliphatic heterocycles. The molecule has 0 spiro atoms. The summed E-state index contributed by atoms with van der Waals surface area (Å²) >= 11 is 0. The van der Waals surface area contributed by atoms with Crippen LogP contribution >= 0.6 is 0 Å². The van der Waals surface area contributed by atoms with Crippen LogP contribution in [0.1, 0.15) is 11.3 Å². The predicted molar refractivity (Wildman–Crippen MR) is 83.7 cm³/mol. The monoisotopic (exact) mass is 301 g/mol. The molecule has 1 amide bonds. The van der Waals surface area contributed by atoms with Crippen molar-refractivity contribution in [2.75, 3.05) is 20.1 Å². The van der Waals surface area contributed by atoms with Gasteiger partial charge in [0.1, 0.15) is 5.82 Å². The van der Waals surface area contributed by atoms with E-state index < -0.39 is 0 Å². The number of likely N-dealkylation sites (N-methyl/N-ethyl adjacent to an activating group) is 1. The van der Waals surface area contributed by atoms with Crippen molar-refractivity contribution in [2.24, 2.45) is 0 Å². The molecule has 1 heterocycles. The van der Waals surface area contributed by atoms with Crippen molar-refractivity contribution in [3.63, 3.8) is 0 Å². The van der Waals surface area contributed by atoms with Gasteiger partial charge in [-0.1, -0.05) is 18.2 Å². The van der Waals surface area contributed by atoms with Crippen LogP contribution in [0.25, 0.3) is 0 Å². The molecule has 0 saturated heterocycles. The van der Waals surface area contributed by atoms with E-state index in [-0.39, 0.29) is 18.3 Å². The van der Waals surface area contributed by atoms with Crippen LogP contribution in [0.5, 0.6) is 0 Å². The number of aromatic nitrogens is 1. The first kappa shape index (κ1) is 16.1. The molecule has 1 aromatic heterocycles. The summed E-state index contributed by atoms with van der Waals surface area (Å²) in [5, 5.41) is 2.87. The van der Waals surface area contributed by atoms with Crippen molar-refractivity contribution in [2.45, 2.75) is 13.0 Å². The van der Waals surface area contributed by atoms with Crippen molar-refractivity contribution in [1.29, 1.82) is 0 Å². The summed E-state index contributed by atoms with van der Waals surface area (Å²) in [6, 6.07) is 12.0. The zero-order chi connectivity index (χ0) is 15.8. The molecule has 4 nitrogen and oxygen atoms in total. The average molecular weight is 301 g/mol. The molecular formula is C17H20FN3O. The van der Waals surface area contributed by atoms with Crippen molar-refractivity contribution in [1.82, 2.24) is 15.2 Å². The normalized spacial score (nSPS) is 10.5. The number of hydrogen-bond acceptors (Lipinski definition) is 3. The maximum Gasteiger partial charge on any atom is 0.236 e.